The molecular formula is C23H28N2O7. The number of carbonyl (C=O) groups excluding carboxylic acids is 3. The molecule has 3 aliphatic carbocycles. The number of hydrogen-bond acceptors (Lipinski definition) is 8. The first kappa shape index (κ1) is 23.5. The van der Waals surface area contributed by atoms with Gasteiger partial charge in [-0.3, -0.25) is 19.3 Å². The Bertz CT molecular complexity index is 1070. The first-order valence-electron chi connectivity index (χ1n) is 10.5. The lowest BCUT2D eigenvalue weighted by Gasteiger charge is -2.50. The number of benzene rings is 1. The fourth-order valence-electron chi connectivity index (χ4n) is 5.18. The van der Waals surface area contributed by atoms with Crippen LogP contribution in [0.2, 0.25) is 0 Å². The van der Waals surface area contributed by atoms with Crippen molar-refractivity contribution in [3.05, 3.63) is 46.2 Å². The molecule has 32 heavy (non-hydrogen) atoms. The molecule has 0 spiro atoms. The molecule has 1 aromatic carbocycles. The molecular weight excluding hydrogens is 416 g/mol. The zero-order valence-corrected chi connectivity index (χ0v) is 18.4. The van der Waals surface area contributed by atoms with Crippen molar-refractivity contribution in [3.63, 3.8) is 0 Å². The molecule has 0 radical (unpaired) electrons. The van der Waals surface area contributed by atoms with Crippen molar-refractivity contribution in [2.75, 3.05) is 14.1 Å². The van der Waals surface area contributed by atoms with E-state index in [-0.39, 0.29) is 23.3 Å². The summed E-state index contributed by atoms with van der Waals surface area (Å²) in [6.45, 7) is 4.00. The van der Waals surface area contributed by atoms with E-state index >= 15 is 0 Å². The summed E-state index contributed by atoms with van der Waals surface area (Å²) < 4.78 is 0. The van der Waals surface area contributed by atoms with Gasteiger partial charge in [-0.1, -0.05) is 26.0 Å². The number of aliphatic hydroxyl groups excluding tert-OH is 2. The van der Waals surface area contributed by atoms with Gasteiger partial charge in [0.05, 0.1) is 11.6 Å². The first-order valence-corrected chi connectivity index (χ1v) is 10.5. The Morgan fingerprint density at radius 3 is 2.34 bits per heavy atom. The molecule has 4 rings (SSSR count). The van der Waals surface area contributed by atoms with Gasteiger partial charge in [0.2, 0.25) is 5.78 Å². The van der Waals surface area contributed by atoms with Gasteiger partial charge in [0, 0.05) is 11.5 Å². The topological polar surface area (TPSA) is 161 Å². The van der Waals surface area contributed by atoms with Crippen LogP contribution in [0.3, 0.4) is 0 Å². The van der Waals surface area contributed by atoms with Crippen LogP contribution in [0.4, 0.5) is 0 Å². The highest BCUT2D eigenvalue weighted by Crippen LogP contribution is 2.52. The Labute approximate surface area is 185 Å². The molecule has 9 nitrogen and oxygen atoms in total. The number of Topliss-reactive ketones (excluding diaryl/α,β-unsaturated/α-hetero) is 2. The van der Waals surface area contributed by atoms with Gasteiger partial charge in [0.1, 0.15) is 22.8 Å². The third kappa shape index (κ3) is 3.03. The minimum absolute atomic E-state index is 0.0847. The minimum atomic E-state index is -2.60. The van der Waals surface area contributed by atoms with E-state index in [9.17, 15) is 34.8 Å². The number of amides is 1. The molecule has 0 heterocycles. The standard InChI is InChI=1S/C21H22N2O7.C2H6/c1-23(2)15-10-7-9-6-8-4-3-5-11(24)12(8)16(25)13(9)18(27)21(10,30)19(28)14(17(15)26)20(22)29;1-2/h3-5,9-10,15,24-25,28,30H,6-7H2,1-2H3,(H2,22,29);1-2H3/t9-,10-,15-,21-;/m0./s1. The van der Waals surface area contributed by atoms with Gasteiger partial charge in [-0.05, 0) is 44.5 Å². The molecule has 1 fully saturated rings. The quantitative estimate of drug-likeness (QED) is 0.422. The summed E-state index contributed by atoms with van der Waals surface area (Å²) in [6.07, 6.45) is 0.379. The second-order valence-electron chi connectivity index (χ2n) is 8.27. The summed E-state index contributed by atoms with van der Waals surface area (Å²) in [7, 11) is 3.12. The van der Waals surface area contributed by atoms with Crippen LogP contribution in [0.1, 0.15) is 31.4 Å². The molecule has 172 valence electrons. The van der Waals surface area contributed by atoms with Crippen molar-refractivity contribution in [1.82, 2.24) is 4.90 Å². The summed E-state index contributed by atoms with van der Waals surface area (Å²) in [4.78, 5) is 39.7. The van der Waals surface area contributed by atoms with Gasteiger partial charge in [-0.25, -0.2) is 0 Å². The number of hydrogen-bond donors (Lipinski definition) is 5. The third-order valence-corrected chi connectivity index (χ3v) is 6.46. The summed E-state index contributed by atoms with van der Waals surface area (Å²) in [5.74, 6) is -6.43. The van der Waals surface area contributed by atoms with Gasteiger partial charge >= 0.3 is 0 Å². The Morgan fingerprint density at radius 2 is 1.78 bits per heavy atom. The average Bonchev–Trinajstić information content (AvgIpc) is 2.71. The zero-order chi connectivity index (χ0) is 24.1. The molecule has 4 atom stereocenters. The molecule has 1 amide bonds. The van der Waals surface area contributed by atoms with Crippen molar-refractivity contribution in [2.24, 2.45) is 17.6 Å². The molecule has 6 N–H and O–H groups in total. The van der Waals surface area contributed by atoms with E-state index in [1.54, 1.807) is 26.2 Å². The minimum Gasteiger partial charge on any atom is -0.508 e. The zero-order valence-electron chi connectivity index (χ0n) is 18.4. The lowest BCUT2D eigenvalue weighted by molar-refractivity contribution is -0.153. The van der Waals surface area contributed by atoms with Gasteiger partial charge in [0.25, 0.3) is 5.91 Å². The second kappa shape index (κ2) is 8.07. The Morgan fingerprint density at radius 1 is 1.16 bits per heavy atom. The summed E-state index contributed by atoms with van der Waals surface area (Å²) in [6, 6.07) is 3.62. The SMILES string of the molecule is CC.CN(C)[C@@H]1C(=O)C(C(N)=O)=C(O)[C@@]2(O)C(=O)C3=C(O)c4c(O)cccc4C[C@H]3C[C@@H]12. The number of nitrogens with two attached hydrogens (primary N) is 1. The van der Waals surface area contributed by atoms with Crippen LogP contribution in [-0.4, -0.2) is 68.5 Å². The monoisotopic (exact) mass is 444 g/mol. The van der Waals surface area contributed by atoms with Gasteiger partial charge in [-0.15, -0.1) is 0 Å². The highest BCUT2D eigenvalue weighted by molar-refractivity contribution is 6.24. The van der Waals surface area contributed by atoms with Gasteiger partial charge in [-0.2, -0.15) is 0 Å². The van der Waals surface area contributed by atoms with E-state index < -0.39 is 58.0 Å². The fourth-order valence-corrected chi connectivity index (χ4v) is 5.18. The summed E-state index contributed by atoms with van der Waals surface area (Å²) in [5.41, 5.74) is 2.41. The summed E-state index contributed by atoms with van der Waals surface area (Å²) in [5, 5.41) is 43.1. The molecule has 0 unspecified atom stereocenters. The second-order valence-corrected chi connectivity index (χ2v) is 8.27. The number of ketones is 2. The maximum Gasteiger partial charge on any atom is 0.255 e. The van der Waals surface area contributed by atoms with Crippen LogP contribution >= 0.6 is 0 Å². The van der Waals surface area contributed by atoms with E-state index in [4.69, 9.17) is 5.73 Å². The number of primary amides is 1. The molecule has 9 heteroatoms. The largest absolute Gasteiger partial charge is 0.508 e. The number of phenolic OH excluding ortho intramolecular Hbond substituents is 1. The maximum atomic E-state index is 13.5. The molecule has 1 aromatic rings. The van der Waals surface area contributed by atoms with Crippen molar-refractivity contribution < 1.29 is 34.8 Å². The highest BCUT2D eigenvalue weighted by atomic mass is 16.3. The Hall–Kier alpha value is -3.17. The van der Waals surface area contributed by atoms with Crippen molar-refractivity contribution in [1.29, 1.82) is 0 Å². The lowest BCUT2D eigenvalue weighted by atomic mass is 9.57. The molecule has 0 bridgehead atoms. The highest BCUT2D eigenvalue weighted by Gasteiger charge is 2.64. The smallest absolute Gasteiger partial charge is 0.255 e. The fraction of sp³-hybridized carbons (Fsp3) is 0.435. The van der Waals surface area contributed by atoms with Crippen LogP contribution < -0.4 is 5.73 Å². The molecule has 0 aliphatic heterocycles. The maximum absolute atomic E-state index is 13.5. The Balaban J connectivity index is 0.00000141. The number of likely N-dealkylation sites (N-methyl/N-ethyl adjacent to an activating group) is 1. The molecule has 0 saturated heterocycles. The van der Waals surface area contributed by atoms with E-state index in [1.807, 2.05) is 13.8 Å². The molecule has 0 aromatic heterocycles. The van der Waals surface area contributed by atoms with E-state index in [0.717, 1.165) is 0 Å². The predicted octanol–water partition coefficient (Wildman–Crippen LogP) is 0.990. The van der Waals surface area contributed by atoms with Crippen molar-refractivity contribution >= 4 is 23.2 Å². The summed E-state index contributed by atoms with van der Waals surface area (Å²) >= 11 is 0. The third-order valence-electron chi connectivity index (χ3n) is 6.46. The molecule has 1 saturated carbocycles. The Kier molecular flexibility index (Phi) is 5.92. The van der Waals surface area contributed by atoms with Gasteiger partial charge < -0.3 is 26.2 Å². The van der Waals surface area contributed by atoms with Crippen LogP contribution in [0.25, 0.3) is 5.76 Å². The van der Waals surface area contributed by atoms with E-state index in [2.05, 4.69) is 0 Å². The number of fused-ring (bicyclic) bond motifs is 3. The van der Waals surface area contributed by atoms with Crippen LogP contribution in [-0.2, 0) is 20.8 Å². The first-order chi connectivity index (χ1) is 15.0. The van der Waals surface area contributed by atoms with Crippen molar-refractivity contribution in [3.8, 4) is 5.75 Å². The normalized spacial score (nSPS) is 29.1. The van der Waals surface area contributed by atoms with Crippen LogP contribution in [0, 0.1) is 11.8 Å². The van der Waals surface area contributed by atoms with E-state index in [0.29, 0.717) is 12.0 Å². The predicted molar refractivity (Wildman–Crippen MR) is 116 cm³/mol. The average molecular weight is 444 g/mol. The van der Waals surface area contributed by atoms with Crippen LogP contribution in [0.15, 0.2) is 35.1 Å². The van der Waals surface area contributed by atoms with E-state index in [1.165, 1.54) is 11.0 Å². The van der Waals surface area contributed by atoms with Gasteiger partial charge in [0.15, 0.2) is 11.4 Å². The van der Waals surface area contributed by atoms with Crippen LogP contribution in [0.5, 0.6) is 5.75 Å². The van der Waals surface area contributed by atoms with Crippen molar-refractivity contribution in [2.45, 2.75) is 38.3 Å². The number of aromatic hydroxyl groups is 1. The number of rotatable bonds is 2. The number of nitrogens with zero attached hydrogens (tertiary/aromatic N) is 1. The number of aliphatic hydroxyl groups is 3. The molecule has 3 aliphatic rings. The number of phenols is 1. The number of carbonyl (C=O) groups is 3. The lowest BCUT2D eigenvalue weighted by Crippen LogP contribution is -2.65.